The molecule has 1 aliphatic rings. The summed E-state index contributed by atoms with van der Waals surface area (Å²) in [5.74, 6) is 0.538. The summed E-state index contributed by atoms with van der Waals surface area (Å²) in [5.41, 5.74) is 1.33. The Bertz CT molecular complexity index is 637. The summed E-state index contributed by atoms with van der Waals surface area (Å²) in [7, 11) is 0. The highest BCUT2D eigenvalue weighted by Gasteiger charge is 2.30. The van der Waals surface area contributed by atoms with Gasteiger partial charge >= 0.3 is 6.18 Å². The van der Waals surface area contributed by atoms with E-state index in [1.807, 2.05) is 6.20 Å². The first-order chi connectivity index (χ1) is 11.5. The Morgan fingerprint density at radius 3 is 2.92 bits per heavy atom. The molecule has 1 N–H and O–H groups in total. The summed E-state index contributed by atoms with van der Waals surface area (Å²) < 4.78 is 38.3. The number of nitrogens with one attached hydrogen (secondary N) is 1. The van der Waals surface area contributed by atoms with Gasteiger partial charge in [-0.15, -0.1) is 0 Å². The fourth-order valence-corrected chi connectivity index (χ4v) is 3.42. The lowest BCUT2D eigenvalue weighted by Crippen LogP contribution is -2.35. The Morgan fingerprint density at radius 2 is 2.17 bits per heavy atom. The van der Waals surface area contributed by atoms with Crippen molar-refractivity contribution in [2.75, 3.05) is 13.1 Å². The Morgan fingerprint density at radius 1 is 1.29 bits per heavy atom. The highest BCUT2D eigenvalue weighted by molar-refractivity contribution is 5.25. The zero-order valence-electron chi connectivity index (χ0n) is 13.5. The van der Waals surface area contributed by atoms with Gasteiger partial charge < -0.3 is 4.98 Å². The number of hydrogen-bond acceptors (Lipinski definition) is 2. The fraction of sp³-hybridized carbons (Fsp3) is 0.500. The summed E-state index contributed by atoms with van der Waals surface area (Å²) in [5, 5.41) is 0. The zero-order chi connectivity index (χ0) is 17.0. The average Bonchev–Trinajstić information content (AvgIpc) is 3.06. The molecule has 2 aromatic rings. The highest BCUT2D eigenvalue weighted by atomic mass is 19.4. The minimum atomic E-state index is -4.26. The lowest BCUT2D eigenvalue weighted by molar-refractivity contribution is -0.137. The molecule has 3 nitrogen and oxygen atoms in total. The van der Waals surface area contributed by atoms with Crippen molar-refractivity contribution in [2.24, 2.45) is 5.92 Å². The molecule has 0 saturated carbocycles. The first kappa shape index (κ1) is 17.0. The molecule has 0 amide bonds. The molecule has 24 heavy (non-hydrogen) atoms. The monoisotopic (exact) mass is 337 g/mol. The van der Waals surface area contributed by atoms with Crippen molar-refractivity contribution < 1.29 is 13.2 Å². The van der Waals surface area contributed by atoms with Crippen LogP contribution in [0.5, 0.6) is 0 Å². The third kappa shape index (κ3) is 4.60. The molecule has 130 valence electrons. The molecule has 0 aliphatic carbocycles. The second-order valence-corrected chi connectivity index (χ2v) is 6.56. The van der Waals surface area contributed by atoms with E-state index in [9.17, 15) is 13.2 Å². The van der Waals surface area contributed by atoms with E-state index in [-0.39, 0.29) is 0 Å². The van der Waals surface area contributed by atoms with Gasteiger partial charge in [-0.3, -0.25) is 4.90 Å². The number of aromatic nitrogens is 2. The van der Waals surface area contributed by atoms with Gasteiger partial charge in [0.05, 0.1) is 11.9 Å². The average molecular weight is 337 g/mol. The van der Waals surface area contributed by atoms with E-state index < -0.39 is 11.7 Å². The number of imidazole rings is 1. The van der Waals surface area contributed by atoms with Gasteiger partial charge in [-0.1, -0.05) is 18.2 Å². The minimum absolute atomic E-state index is 0.538. The van der Waals surface area contributed by atoms with E-state index >= 15 is 0 Å². The van der Waals surface area contributed by atoms with Crippen molar-refractivity contribution in [1.29, 1.82) is 0 Å². The molecule has 1 unspecified atom stereocenters. The quantitative estimate of drug-likeness (QED) is 0.883. The van der Waals surface area contributed by atoms with Gasteiger partial charge in [0.15, 0.2) is 0 Å². The number of benzene rings is 1. The molecule has 1 aromatic carbocycles. The van der Waals surface area contributed by atoms with Gasteiger partial charge in [0.2, 0.25) is 0 Å². The van der Waals surface area contributed by atoms with E-state index in [2.05, 4.69) is 14.9 Å². The molecule has 1 atom stereocenters. The molecule has 6 heteroatoms. The van der Waals surface area contributed by atoms with Crippen molar-refractivity contribution in [3.63, 3.8) is 0 Å². The van der Waals surface area contributed by atoms with E-state index in [1.54, 1.807) is 12.4 Å². The summed E-state index contributed by atoms with van der Waals surface area (Å²) in [6.45, 7) is 2.93. The van der Waals surface area contributed by atoms with Crippen LogP contribution in [0.4, 0.5) is 13.2 Å². The van der Waals surface area contributed by atoms with Gasteiger partial charge in [-0.05, 0) is 49.8 Å². The standard InChI is InChI=1S/C18H22F3N3/c19-18(20,21)16-5-1-3-14(9-16)6-7-15-4-2-8-24(11-15)12-17-10-22-13-23-17/h1,3,5,9-10,13,15H,2,4,6-8,11-12H2,(H,22,23). The van der Waals surface area contributed by atoms with Crippen LogP contribution < -0.4 is 0 Å². The Labute approximate surface area is 139 Å². The molecule has 0 spiro atoms. The highest BCUT2D eigenvalue weighted by Crippen LogP contribution is 2.30. The summed E-state index contributed by atoms with van der Waals surface area (Å²) in [6.07, 6.45) is 3.19. The molecule has 3 rings (SSSR count). The van der Waals surface area contributed by atoms with E-state index in [0.717, 1.165) is 56.2 Å². The number of piperidine rings is 1. The number of nitrogens with zero attached hydrogens (tertiary/aromatic N) is 2. The van der Waals surface area contributed by atoms with Crippen molar-refractivity contribution in [3.05, 3.63) is 53.6 Å². The van der Waals surface area contributed by atoms with Crippen LogP contribution in [-0.2, 0) is 19.1 Å². The van der Waals surface area contributed by atoms with Crippen LogP contribution >= 0.6 is 0 Å². The van der Waals surface area contributed by atoms with Crippen molar-refractivity contribution in [1.82, 2.24) is 14.9 Å². The predicted molar refractivity (Wildman–Crippen MR) is 86.4 cm³/mol. The normalized spacial score (nSPS) is 19.5. The Balaban J connectivity index is 1.53. The molecule has 1 saturated heterocycles. The van der Waals surface area contributed by atoms with Gasteiger partial charge in [0.25, 0.3) is 0 Å². The number of H-pyrrole nitrogens is 1. The number of aryl methyl sites for hydroxylation is 1. The minimum Gasteiger partial charge on any atom is -0.347 e. The first-order valence-electron chi connectivity index (χ1n) is 8.36. The van der Waals surface area contributed by atoms with Crippen LogP contribution in [-0.4, -0.2) is 28.0 Å². The molecule has 0 bridgehead atoms. The van der Waals surface area contributed by atoms with E-state index in [4.69, 9.17) is 0 Å². The van der Waals surface area contributed by atoms with Crippen LogP contribution in [0.2, 0.25) is 0 Å². The molecule has 1 aromatic heterocycles. The van der Waals surface area contributed by atoms with Crippen LogP contribution in [0.15, 0.2) is 36.8 Å². The molecular weight excluding hydrogens is 315 g/mol. The van der Waals surface area contributed by atoms with Gasteiger partial charge in [-0.2, -0.15) is 13.2 Å². The molecule has 2 heterocycles. The fourth-order valence-electron chi connectivity index (χ4n) is 3.42. The number of rotatable bonds is 5. The largest absolute Gasteiger partial charge is 0.416 e. The zero-order valence-corrected chi connectivity index (χ0v) is 13.5. The first-order valence-corrected chi connectivity index (χ1v) is 8.36. The number of hydrogen-bond donors (Lipinski definition) is 1. The van der Waals surface area contributed by atoms with Crippen molar-refractivity contribution in [3.8, 4) is 0 Å². The van der Waals surface area contributed by atoms with Crippen LogP contribution in [0.3, 0.4) is 0 Å². The van der Waals surface area contributed by atoms with Gasteiger partial charge in [0.1, 0.15) is 0 Å². The predicted octanol–water partition coefficient (Wildman–Crippen LogP) is 4.27. The summed E-state index contributed by atoms with van der Waals surface area (Å²) >= 11 is 0. The van der Waals surface area contributed by atoms with Crippen LogP contribution in [0, 0.1) is 5.92 Å². The van der Waals surface area contributed by atoms with Crippen molar-refractivity contribution in [2.45, 2.75) is 38.4 Å². The smallest absolute Gasteiger partial charge is 0.347 e. The maximum Gasteiger partial charge on any atom is 0.416 e. The van der Waals surface area contributed by atoms with Crippen LogP contribution in [0.1, 0.15) is 36.1 Å². The molecule has 1 aliphatic heterocycles. The van der Waals surface area contributed by atoms with Gasteiger partial charge in [0, 0.05) is 25.0 Å². The lowest BCUT2D eigenvalue weighted by atomic mass is 9.91. The van der Waals surface area contributed by atoms with Crippen LogP contribution in [0.25, 0.3) is 0 Å². The molecule has 1 fully saturated rings. The summed E-state index contributed by atoms with van der Waals surface area (Å²) in [4.78, 5) is 9.55. The third-order valence-corrected chi connectivity index (χ3v) is 4.65. The summed E-state index contributed by atoms with van der Waals surface area (Å²) in [6, 6.07) is 5.71. The van der Waals surface area contributed by atoms with Crippen molar-refractivity contribution >= 4 is 0 Å². The Hall–Kier alpha value is -1.82. The van der Waals surface area contributed by atoms with E-state index in [0.29, 0.717) is 12.3 Å². The maximum absolute atomic E-state index is 12.8. The second kappa shape index (κ2) is 7.38. The Kier molecular flexibility index (Phi) is 5.23. The SMILES string of the molecule is FC(F)(F)c1cccc(CCC2CCCN(Cc3cnc[nH]3)C2)c1. The van der Waals surface area contributed by atoms with E-state index in [1.165, 1.54) is 12.1 Å². The maximum atomic E-state index is 12.8. The number of halogens is 3. The third-order valence-electron chi connectivity index (χ3n) is 4.65. The topological polar surface area (TPSA) is 31.9 Å². The number of alkyl halides is 3. The second-order valence-electron chi connectivity index (χ2n) is 6.56. The number of likely N-dealkylation sites (tertiary alicyclic amines) is 1. The van der Waals surface area contributed by atoms with Gasteiger partial charge in [-0.25, -0.2) is 4.98 Å². The number of aromatic amines is 1. The molecule has 0 radical (unpaired) electrons. The molecular formula is C18H22F3N3. The lowest BCUT2D eigenvalue weighted by Gasteiger charge is -2.32.